The number of hydrogen-bond acceptors (Lipinski definition) is 3. The van der Waals surface area contributed by atoms with Gasteiger partial charge in [-0.05, 0) is 92.2 Å². The van der Waals surface area contributed by atoms with Crippen LogP contribution in [0.15, 0.2) is 176 Å². The van der Waals surface area contributed by atoms with E-state index < -0.39 is 0 Å². The summed E-state index contributed by atoms with van der Waals surface area (Å²) in [5, 5.41) is 3.67. The van der Waals surface area contributed by atoms with Gasteiger partial charge in [-0.15, -0.1) is 0 Å². The Morgan fingerprint density at radius 2 is 1.00 bits per heavy atom. The second kappa shape index (κ2) is 12.2. The molecule has 0 atom stereocenters. The van der Waals surface area contributed by atoms with Gasteiger partial charge in [0.05, 0.1) is 16.9 Å². The molecule has 1 aliphatic rings. The van der Waals surface area contributed by atoms with E-state index in [1.807, 2.05) is 36.5 Å². The molecule has 0 aliphatic heterocycles. The Morgan fingerprint density at radius 1 is 0.396 bits per heavy atom. The minimum absolute atomic E-state index is 0.105. The van der Waals surface area contributed by atoms with Crippen LogP contribution in [0.1, 0.15) is 25.0 Å². The number of benzene rings is 7. The third kappa shape index (κ3) is 5.32. The highest BCUT2D eigenvalue weighted by Crippen LogP contribution is 2.53. The van der Waals surface area contributed by atoms with Crippen molar-refractivity contribution in [3.63, 3.8) is 0 Å². The molecule has 0 bridgehead atoms. The van der Waals surface area contributed by atoms with E-state index in [9.17, 15) is 0 Å². The Kier molecular flexibility index (Phi) is 7.16. The van der Waals surface area contributed by atoms with Crippen LogP contribution < -0.4 is 0 Å². The summed E-state index contributed by atoms with van der Waals surface area (Å²) in [6.45, 7) is 4.71. The molecular formula is C50H35N3. The van der Waals surface area contributed by atoms with Crippen molar-refractivity contribution in [2.45, 2.75) is 19.3 Å². The maximum atomic E-state index is 5.19. The SMILES string of the molecule is CC1(C)c2cc3ccccc3cc2-c2c(-c3cccc(-c4cc(-c5cccc(-c6cnc7ccccc7c6)c5)nc(-c5ccccc5)n4)c3)cccc21. The Hall–Kier alpha value is -6.71. The van der Waals surface area contributed by atoms with Gasteiger partial charge in [-0.2, -0.15) is 0 Å². The first kappa shape index (κ1) is 31.1. The molecule has 0 N–H and O–H groups in total. The fourth-order valence-electron chi connectivity index (χ4n) is 8.11. The van der Waals surface area contributed by atoms with E-state index in [4.69, 9.17) is 15.0 Å². The minimum atomic E-state index is -0.105. The largest absolute Gasteiger partial charge is 0.256 e. The summed E-state index contributed by atoms with van der Waals surface area (Å²) >= 11 is 0. The van der Waals surface area contributed by atoms with Gasteiger partial charge in [0.15, 0.2) is 5.82 Å². The Bertz CT molecular complexity index is 2870. The van der Waals surface area contributed by atoms with Gasteiger partial charge in [0.1, 0.15) is 0 Å². The first-order chi connectivity index (χ1) is 26.0. The van der Waals surface area contributed by atoms with Crippen molar-refractivity contribution in [3.05, 3.63) is 187 Å². The summed E-state index contributed by atoms with van der Waals surface area (Å²) in [6.07, 6.45) is 1.95. The number of pyridine rings is 1. The molecule has 3 heteroatoms. The van der Waals surface area contributed by atoms with Crippen molar-refractivity contribution in [1.29, 1.82) is 0 Å². The van der Waals surface area contributed by atoms with E-state index in [1.54, 1.807) is 0 Å². The van der Waals surface area contributed by atoms with Crippen molar-refractivity contribution >= 4 is 21.7 Å². The molecule has 9 aromatic rings. The van der Waals surface area contributed by atoms with E-state index in [0.29, 0.717) is 5.82 Å². The molecule has 0 unspecified atom stereocenters. The van der Waals surface area contributed by atoms with Crippen molar-refractivity contribution in [2.24, 2.45) is 0 Å². The zero-order valence-corrected chi connectivity index (χ0v) is 29.6. The first-order valence-electron chi connectivity index (χ1n) is 18.2. The lowest BCUT2D eigenvalue weighted by Gasteiger charge is -2.22. The van der Waals surface area contributed by atoms with Crippen LogP contribution in [0.4, 0.5) is 0 Å². The van der Waals surface area contributed by atoms with Gasteiger partial charge in [0, 0.05) is 39.3 Å². The Labute approximate surface area is 309 Å². The molecule has 250 valence electrons. The Morgan fingerprint density at radius 3 is 1.77 bits per heavy atom. The van der Waals surface area contributed by atoms with Crippen LogP contribution in [0.25, 0.3) is 89.0 Å². The lowest BCUT2D eigenvalue weighted by Crippen LogP contribution is -2.14. The molecule has 0 radical (unpaired) electrons. The van der Waals surface area contributed by atoms with Crippen LogP contribution >= 0.6 is 0 Å². The molecule has 10 rings (SSSR count). The van der Waals surface area contributed by atoms with Crippen LogP contribution in [-0.4, -0.2) is 15.0 Å². The number of nitrogens with zero attached hydrogens (tertiary/aromatic N) is 3. The first-order valence-corrected chi connectivity index (χ1v) is 18.2. The number of fused-ring (bicyclic) bond motifs is 5. The minimum Gasteiger partial charge on any atom is -0.256 e. The van der Waals surface area contributed by atoms with E-state index in [1.165, 1.54) is 44.2 Å². The number of para-hydroxylation sites is 1. The molecule has 0 saturated heterocycles. The lowest BCUT2D eigenvalue weighted by atomic mass is 9.81. The van der Waals surface area contributed by atoms with Crippen LogP contribution in [0.5, 0.6) is 0 Å². The Balaban J connectivity index is 1.11. The predicted molar refractivity (Wildman–Crippen MR) is 220 cm³/mol. The summed E-state index contributed by atoms with van der Waals surface area (Å²) in [5.74, 6) is 0.699. The highest BCUT2D eigenvalue weighted by molar-refractivity contribution is 5.99. The van der Waals surface area contributed by atoms with E-state index in [2.05, 4.69) is 153 Å². The second-order valence-electron chi connectivity index (χ2n) is 14.5. The topological polar surface area (TPSA) is 38.7 Å². The molecule has 2 aromatic heterocycles. The van der Waals surface area contributed by atoms with E-state index in [0.717, 1.165) is 50.1 Å². The average molecular weight is 678 g/mol. The molecule has 0 fully saturated rings. The fourth-order valence-corrected chi connectivity index (χ4v) is 8.11. The van der Waals surface area contributed by atoms with E-state index >= 15 is 0 Å². The van der Waals surface area contributed by atoms with E-state index in [-0.39, 0.29) is 5.41 Å². The lowest BCUT2D eigenvalue weighted by molar-refractivity contribution is 0.661. The molecular weight excluding hydrogens is 643 g/mol. The second-order valence-corrected chi connectivity index (χ2v) is 14.5. The van der Waals surface area contributed by atoms with Crippen LogP contribution in [0.3, 0.4) is 0 Å². The van der Waals surface area contributed by atoms with Gasteiger partial charge >= 0.3 is 0 Å². The average Bonchev–Trinajstić information content (AvgIpc) is 3.45. The van der Waals surface area contributed by atoms with Gasteiger partial charge in [-0.25, -0.2) is 9.97 Å². The van der Waals surface area contributed by atoms with Gasteiger partial charge in [0.2, 0.25) is 0 Å². The molecule has 0 saturated carbocycles. The number of hydrogen-bond donors (Lipinski definition) is 0. The maximum Gasteiger partial charge on any atom is 0.160 e. The summed E-state index contributed by atoms with van der Waals surface area (Å²) in [5.41, 5.74) is 15.7. The van der Waals surface area contributed by atoms with Crippen molar-refractivity contribution in [3.8, 4) is 67.3 Å². The highest BCUT2D eigenvalue weighted by atomic mass is 14.9. The fraction of sp³-hybridized carbons (Fsp3) is 0.0600. The smallest absolute Gasteiger partial charge is 0.160 e. The summed E-state index contributed by atoms with van der Waals surface area (Å²) < 4.78 is 0. The number of aromatic nitrogens is 3. The highest BCUT2D eigenvalue weighted by Gasteiger charge is 2.37. The third-order valence-electron chi connectivity index (χ3n) is 10.9. The zero-order chi connectivity index (χ0) is 35.5. The summed E-state index contributed by atoms with van der Waals surface area (Å²) in [6, 6.07) is 60.5. The van der Waals surface area contributed by atoms with Crippen LogP contribution in [-0.2, 0) is 5.41 Å². The molecule has 3 nitrogen and oxygen atoms in total. The zero-order valence-electron chi connectivity index (χ0n) is 29.6. The standard InChI is InChI=1S/C50H35N3/c1-50(2)43-23-12-22-41(48(43)42-28-34-15-6-7-16-35(34)29-44(42)50)36-19-11-21-39(26-36)47-30-46(52-49(53-47)32-13-4-3-5-14-32)38-20-10-18-33(25-38)40-27-37-17-8-9-24-45(37)51-31-40/h3-31H,1-2H3. The quantitative estimate of drug-likeness (QED) is 0.182. The molecule has 7 aromatic carbocycles. The molecule has 53 heavy (non-hydrogen) atoms. The van der Waals surface area contributed by atoms with Crippen LogP contribution in [0.2, 0.25) is 0 Å². The van der Waals surface area contributed by atoms with Gasteiger partial charge in [-0.3, -0.25) is 4.98 Å². The van der Waals surface area contributed by atoms with Crippen molar-refractivity contribution < 1.29 is 0 Å². The van der Waals surface area contributed by atoms with Crippen molar-refractivity contribution in [2.75, 3.05) is 0 Å². The van der Waals surface area contributed by atoms with Crippen molar-refractivity contribution in [1.82, 2.24) is 15.0 Å². The number of rotatable bonds is 5. The third-order valence-corrected chi connectivity index (χ3v) is 10.9. The van der Waals surface area contributed by atoms with Gasteiger partial charge in [-0.1, -0.05) is 141 Å². The normalized spacial score (nSPS) is 12.9. The molecule has 2 heterocycles. The summed E-state index contributed by atoms with van der Waals surface area (Å²) in [4.78, 5) is 15.1. The maximum absolute atomic E-state index is 5.19. The van der Waals surface area contributed by atoms with Gasteiger partial charge < -0.3 is 0 Å². The molecule has 0 amide bonds. The monoisotopic (exact) mass is 677 g/mol. The molecule has 1 aliphatic carbocycles. The van der Waals surface area contributed by atoms with Gasteiger partial charge in [0.25, 0.3) is 0 Å². The summed E-state index contributed by atoms with van der Waals surface area (Å²) in [7, 11) is 0. The van der Waals surface area contributed by atoms with Crippen LogP contribution in [0, 0.1) is 0 Å². The predicted octanol–water partition coefficient (Wildman–Crippen LogP) is 12.8. The molecule has 0 spiro atoms.